The van der Waals surface area contributed by atoms with E-state index in [1.165, 1.54) is 17.8 Å². The van der Waals surface area contributed by atoms with Crippen molar-refractivity contribution in [2.24, 2.45) is 5.92 Å². The second kappa shape index (κ2) is 3.49. The predicted molar refractivity (Wildman–Crippen MR) is 63.0 cm³/mol. The van der Waals surface area contributed by atoms with Crippen LogP contribution in [0.2, 0.25) is 0 Å². The molecule has 2 aromatic heterocycles. The van der Waals surface area contributed by atoms with Gasteiger partial charge < -0.3 is 4.57 Å². The summed E-state index contributed by atoms with van der Waals surface area (Å²) < 4.78 is 2.31. The van der Waals surface area contributed by atoms with Crippen LogP contribution in [0.5, 0.6) is 0 Å². The second-order valence-corrected chi connectivity index (χ2v) is 5.13. The van der Waals surface area contributed by atoms with Crippen LogP contribution in [0.4, 0.5) is 0 Å². The van der Waals surface area contributed by atoms with Gasteiger partial charge in [0, 0.05) is 30.1 Å². The average Bonchev–Trinajstić information content (AvgIpc) is 2.84. The molecule has 3 heteroatoms. The summed E-state index contributed by atoms with van der Waals surface area (Å²) in [5.41, 5.74) is 2.40. The topological polar surface area (TPSA) is 17.8 Å². The van der Waals surface area contributed by atoms with Crippen molar-refractivity contribution in [2.75, 3.05) is 0 Å². The average molecular weight is 218 g/mol. The molecule has 2 nitrogen and oxygen atoms in total. The first-order valence-corrected chi connectivity index (χ1v) is 6.36. The van der Waals surface area contributed by atoms with Crippen molar-refractivity contribution in [3.63, 3.8) is 0 Å². The van der Waals surface area contributed by atoms with Gasteiger partial charge in [0.25, 0.3) is 0 Å². The number of aryl methyl sites for hydroxylation is 1. The van der Waals surface area contributed by atoms with Gasteiger partial charge in [0.05, 0.1) is 5.69 Å². The molecule has 0 fully saturated rings. The molecule has 0 bridgehead atoms. The summed E-state index contributed by atoms with van der Waals surface area (Å²) in [5.74, 6) is 2.05. The highest BCUT2D eigenvalue weighted by Gasteiger charge is 2.17. The Balaban J connectivity index is 2.00. The normalized spacial score (nSPS) is 20.2. The Morgan fingerprint density at radius 2 is 2.47 bits per heavy atom. The highest BCUT2D eigenvalue weighted by molar-refractivity contribution is 7.08. The van der Waals surface area contributed by atoms with Crippen molar-refractivity contribution in [1.82, 2.24) is 9.55 Å². The lowest BCUT2D eigenvalue weighted by Gasteiger charge is -2.18. The van der Waals surface area contributed by atoms with Crippen LogP contribution in [0, 0.1) is 5.92 Å². The van der Waals surface area contributed by atoms with Crippen molar-refractivity contribution in [1.29, 1.82) is 0 Å². The van der Waals surface area contributed by atoms with E-state index in [2.05, 4.69) is 34.5 Å². The summed E-state index contributed by atoms with van der Waals surface area (Å²) >= 11 is 1.73. The number of thiophene rings is 1. The molecule has 0 saturated carbocycles. The van der Waals surface area contributed by atoms with Gasteiger partial charge in [-0.2, -0.15) is 11.3 Å². The fraction of sp³-hybridized carbons (Fsp3) is 0.417. The van der Waals surface area contributed by atoms with Crippen LogP contribution in [0.25, 0.3) is 11.3 Å². The van der Waals surface area contributed by atoms with Gasteiger partial charge in [-0.15, -0.1) is 0 Å². The summed E-state index contributed by atoms with van der Waals surface area (Å²) in [6.07, 6.45) is 4.61. The zero-order chi connectivity index (χ0) is 10.3. The molecule has 2 aromatic rings. The van der Waals surface area contributed by atoms with E-state index in [4.69, 9.17) is 4.98 Å². The fourth-order valence-corrected chi connectivity index (χ4v) is 2.78. The predicted octanol–water partition coefficient (Wildman–Crippen LogP) is 3.19. The van der Waals surface area contributed by atoms with E-state index in [-0.39, 0.29) is 0 Å². The molecule has 78 valence electrons. The Hall–Kier alpha value is -1.09. The van der Waals surface area contributed by atoms with E-state index >= 15 is 0 Å². The SMILES string of the molecule is C[C@@H]1CCn2cc(-c3ccsc3)nc2C1. The highest BCUT2D eigenvalue weighted by atomic mass is 32.1. The van der Waals surface area contributed by atoms with Gasteiger partial charge in [-0.1, -0.05) is 6.92 Å². The minimum Gasteiger partial charge on any atom is -0.334 e. The van der Waals surface area contributed by atoms with Gasteiger partial charge in [-0.3, -0.25) is 0 Å². The van der Waals surface area contributed by atoms with E-state index in [0.717, 1.165) is 24.6 Å². The number of hydrogen-bond acceptors (Lipinski definition) is 2. The van der Waals surface area contributed by atoms with E-state index in [1.807, 2.05) is 0 Å². The molecule has 0 aromatic carbocycles. The third-order valence-corrected chi connectivity index (χ3v) is 3.75. The molecule has 3 rings (SSSR count). The number of imidazole rings is 1. The molecular formula is C12H14N2S. The van der Waals surface area contributed by atoms with E-state index in [9.17, 15) is 0 Å². The lowest BCUT2D eigenvalue weighted by Crippen LogP contribution is -2.16. The molecule has 0 amide bonds. The molecular weight excluding hydrogens is 204 g/mol. The Bertz CT molecular complexity index is 456. The quantitative estimate of drug-likeness (QED) is 0.718. The van der Waals surface area contributed by atoms with Crippen molar-refractivity contribution in [3.05, 3.63) is 28.8 Å². The van der Waals surface area contributed by atoms with E-state index < -0.39 is 0 Å². The van der Waals surface area contributed by atoms with Gasteiger partial charge in [0.1, 0.15) is 5.82 Å². The lowest BCUT2D eigenvalue weighted by molar-refractivity contribution is 0.409. The highest BCUT2D eigenvalue weighted by Crippen LogP contribution is 2.25. The number of fused-ring (bicyclic) bond motifs is 1. The number of aromatic nitrogens is 2. The molecule has 15 heavy (non-hydrogen) atoms. The van der Waals surface area contributed by atoms with Crippen LogP contribution in [0.1, 0.15) is 19.2 Å². The first kappa shape index (κ1) is 9.16. The molecule has 3 heterocycles. The van der Waals surface area contributed by atoms with Crippen LogP contribution in [-0.4, -0.2) is 9.55 Å². The van der Waals surface area contributed by atoms with Crippen molar-refractivity contribution in [3.8, 4) is 11.3 Å². The standard InChI is InChI=1S/C12H14N2S/c1-9-2-4-14-7-11(13-12(14)6-9)10-3-5-15-8-10/h3,5,7-9H,2,4,6H2,1H3/t9-/m1/s1. The smallest absolute Gasteiger partial charge is 0.109 e. The maximum Gasteiger partial charge on any atom is 0.109 e. The summed E-state index contributed by atoms with van der Waals surface area (Å²) in [4.78, 5) is 4.71. The molecule has 0 radical (unpaired) electrons. The van der Waals surface area contributed by atoms with E-state index in [1.54, 1.807) is 11.3 Å². The molecule has 0 N–H and O–H groups in total. The molecule has 0 aliphatic carbocycles. The minimum atomic E-state index is 0.787. The summed E-state index contributed by atoms with van der Waals surface area (Å²) in [6, 6.07) is 2.14. The first-order valence-electron chi connectivity index (χ1n) is 5.41. The molecule has 0 unspecified atom stereocenters. The van der Waals surface area contributed by atoms with Gasteiger partial charge in [-0.25, -0.2) is 4.98 Å². The number of hydrogen-bond donors (Lipinski definition) is 0. The van der Waals surface area contributed by atoms with Crippen molar-refractivity contribution in [2.45, 2.75) is 26.3 Å². The zero-order valence-corrected chi connectivity index (χ0v) is 9.63. The van der Waals surface area contributed by atoms with Gasteiger partial charge in [0.2, 0.25) is 0 Å². The molecule has 1 atom stereocenters. The summed E-state index contributed by atoms with van der Waals surface area (Å²) in [7, 11) is 0. The molecule has 1 aliphatic heterocycles. The van der Waals surface area contributed by atoms with Crippen molar-refractivity contribution < 1.29 is 0 Å². The minimum absolute atomic E-state index is 0.787. The van der Waals surface area contributed by atoms with Crippen LogP contribution < -0.4 is 0 Å². The Morgan fingerprint density at radius 3 is 3.27 bits per heavy atom. The summed E-state index contributed by atoms with van der Waals surface area (Å²) in [6.45, 7) is 3.44. The second-order valence-electron chi connectivity index (χ2n) is 4.35. The third kappa shape index (κ3) is 1.61. The van der Waals surface area contributed by atoms with Crippen LogP contribution in [0.3, 0.4) is 0 Å². The lowest BCUT2D eigenvalue weighted by atomic mass is 10.0. The largest absolute Gasteiger partial charge is 0.334 e. The van der Waals surface area contributed by atoms with Crippen molar-refractivity contribution >= 4 is 11.3 Å². The Labute approximate surface area is 93.6 Å². The van der Waals surface area contributed by atoms with Gasteiger partial charge in [0.15, 0.2) is 0 Å². The fourth-order valence-electron chi connectivity index (χ4n) is 2.13. The van der Waals surface area contributed by atoms with Gasteiger partial charge >= 0.3 is 0 Å². The Morgan fingerprint density at radius 1 is 1.53 bits per heavy atom. The maximum atomic E-state index is 4.71. The van der Waals surface area contributed by atoms with Gasteiger partial charge in [-0.05, 0) is 23.8 Å². The van der Waals surface area contributed by atoms with Crippen LogP contribution in [-0.2, 0) is 13.0 Å². The number of rotatable bonds is 1. The van der Waals surface area contributed by atoms with Crippen LogP contribution in [0.15, 0.2) is 23.0 Å². The van der Waals surface area contributed by atoms with Crippen LogP contribution >= 0.6 is 11.3 Å². The van der Waals surface area contributed by atoms with E-state index in [0.29, 0.717) is 0 Å². The maximum absolute atomic E-state index is 4.71. The molecule has 1 aliphatic rings. The monoisotopic (exact) mass is 218 g/mol. The summed E-state index contributed by atoms with van der Waals surface area (Å²) in [5, 5.41) is 4.27. The molecule has 0 saturated heterocycles. The zero-order valence-electron chi connectivity index (χ0n) is 8.81. The molecule has 0 spiro atoms. The Kier molecular flexibility index (Phi) is 2.13. The number of nitrogens with zero attached hydrogens (tertiary/aromatic N) is 2. The third-order valence-electron chi connectivity index (χ3n) is 3.07. The first-order chi connectivity index (χ1) is 7.33.